The fraction of sp³-hybridized carbons (Fsp3) is 0.400. The smallest absolute Gasteiger partial charge is 0.347 e. The van der Waals surface area contributed by atoms with E-state index in [1.807, 2.05) is 50.9 Å². The van der Waals surface area contributed by atoms with Crippen molar-refractivity contribution in [2.24, 2.45) is 0 Å². The maximum Gasteiger partial charge on any atom is 0.347 e. The lowest BCUT2D eigenvalue weighted by atomic mass is 10.1. The fourth-order valence-corrected chi connectivity index (χ4v) is 3.05. The van der Waals surface area contributed by atoms with Gasteiger partial charge in [0.2, 0.25) is 0 Å². The zero-order valence-electron chi connectivity index (χ0n) is 12.6. The SMILES string of the molecule is Cc1cccc(CN(C)c2nc(C(C)C)c(C(=O)O)s2)n1. The number of rotatable bonds is 5. The van der Waals surface area contributed by atoms with Gasteiger partial charge >= 0.3 is 5.97 Å². The number of pyridine rings is 1. The van der Waals surface area contributed by atoms with E-state index in [0.717, 1.165) is 11.4 Å². The third kappa shape index (κ3) is 3.58. The minimum Gasteiger partial charge on any atom is -0.477 e. The molecule has 0 fully saturated rings. The summed E-state index contributed by atoms with van der Waals surface area (Å²) in [5.74, 6) is -0.823. The van der Waals surface area contributed by atoms with Gasteiger partial charge in [-0.05, 0) is 25.0 Å². The van der Waals surface area contributed by atoms with Crippen LogP contribution in [0.4, 0.5) is 5.13 Å². The fourth-order valence-electron chi connectivity index (χ4n) is 2.03. The molecular weight excluding hydrogens is 286 g/mol. The van der Waals surface area contributed by atoms with E-state index in [2.05, 4.69) is 9.97 Å². The first-order valence-electron chi connectivity index (χ1n) is 6.76. The van der Waals surface area contributed by atoms with Crippen LogP contribution < -0.4 is 4.90 Å². The van der Waals surface area contributed by atoms with Gasteiger partial charge in [-0.3, -0.25) is 4.98 Å². The van der Waals surface area contributed by atoms with E-state index in [9.17, 15) is 9.90 Å². The van der Waals surface area contributed by atoms with Gasteiger partial charge in [-0.25, -0.2) is 9.78 Å². The molecule has 6 heteroatoms. The van der Waals surface area contributed by atoms with Crippen molar-refractivity contribution in [2.75, 3.05) is 11.9 Å². The molecular formula is C15H19N3O2S. The van der Waals surface area contributed by atoms with Crippen LogP contribution in [0.15, 0.2) is 18.2 Å². The van der Waals surface area contributed by atoms with Crippen molar-refractivity contribution in [2.45, 2.75) is 33.2 Å². The minimum absolute atomic E-state index is 0.0894. The molecule has 0 aliphatic carbocycles. The molecule has 5 nitrogen and oxygen atoms in total. The van der Waals surface area contributed by atoms with E-state index in [1.54, 1.807) is 0 Å². The van der Waals surface area contributed by atoms with Crippen LogP contribution >= 0.6 is 11.3 Å². The first-order valence-corrected chi connectivity index (χ1v) is 7.57. The Morgan fingerprint density at radius 1 is 1.38 bits per heavy atom. The molecule has 0 spiro atoms. The molecule has 2 heterocycles. The van der Waals surface area contributed by atoms with Gasteiger partial charge < -0.3 is 10.0 Å². The molecule has 2 aromatic heterocycles. The number of nitrogens with zero attached hydrogens (tertiary/aromatic N) is 3. The van der Waals surface area contributed by atoms with E-state index in [1.165, 1.54) is 11.3 Å². The topological polar surface area (TPSA) is 66.3 Å². The molecule has 0 aliphatic rings. The Labute approximate surface area is 128 Å². The molecule has 0 aliphatic heterocycles. The molecule has 0 amide bonds. The Morgan fingerprint density at radius 2 is 2.10 bits per heavy atom. The number of aryl methyl sites for hydroxylation is 1. The quantitative estimate of drug-likeness (QED) is 0.918. The van der Waals surface area contributed by atoms with Crippen molar-refractivity contribution in [1.29, 1.82) is 0 Å². The van der Waals surface area contributed by atoms with Crippen LogP contribution in [-0.4, -0.2) is 28.1 Å². The highest BCUT2D eigenvalue weighted by Gasteiger charge is 2.21. The van der Waals surface area contributed by atoms with Crippen LogP contribution in [0.1, 0.15) is 46.5 Å². The predicted octanol–water partition coefficient (Wildman–Crippen LogP) is 3.30. The van der Waals surface area contributed by atoms with Crippen molar-refractivity contribution in [3.05, 3.63) is 40.2 Å². The van der Waals surface area contributed by atoms with Crippen molar-refractivity contribution < 1.29 is 9.90 Å². The lowest BCUT2D eigenvalue weighted by Crippen LogP contribution is -2.17. The molecule has 0 unspecified atom stereocenters. The standard InChI is InChI=1S/C15H19N3O2S/c1-9(2)12-13(14(19)20)21-15(17-12)18(4)8-11-7-5-6-10(3)16-11/h5-7,9H,8H2,1-4H3,(H,19,20). The zero-order chi connectivity index (χ0) is 15.6. The van der Waals surface area contributed by atoms with Crippen LogP contribution in [-0.2, 0) is 6.54 Å². The molecule has 2 aromatic rings. The summed E-state index contributed by atoms with van der Waals surface area (Å²) < 4.78 is 0. The van der Waals surface area contributed by atoms with Crippen LogP contribution in [0, 0.1) is 6.92 Å². The van der Waals surface area contributed by atoms with Gasteiger partial charge in [0.1, 0.15) is 4.88 Å². The Kier molecular flexibility index (Phi) is 4.57. The Morgan fingerprint density at radius 3 is 2.62 bits per heavy atom. The maximum absolute atomic E-state index is 11.3. The van der Waals surface area contributed by atoms with Crippen molar-refractivity contribution in [1.82, 2.24) is 9.97 Å². The summed E-state index contributed by atoms with van der Waals surface area (Å²) >= 11 is 1.21. The summed E-state index contributed by atoms with van der Waals surface area (Å²) in [5.41, 5.74) is 2.55. The van der Waals surface area contributed by atoms with Crippen LogP contribution in [0.2, 0.25) is 0 Å². The second-order valence-corrected chi connectivity index (χ2v) is 6.27. The van der Waals surface area contributed by atoms with Gasteiger partial charge in [0.25, 0.3) is 0 Å². The molecule has 2 rings (SSSR count). The summed E-state index contributed by atoms with van der Waals surface area (Å²) in [6.07, 6.45) is 0. The molecule has 112 valence electrons. The zero-order valence-corrected chi connectivity index (χ0v) is 13.4. The van der Waals surface area contributed by atoms with Gasteiger partial charge in [-0.15, -0.1) is 0 Å². The predicted molar refractivity (Wildman–Crippen MR) is 84.2 cm³/mol. The van der Waals surface area contributed by atoms with Crippen LogP contribution in [0.25, 0.3) is 0 Å². The molecule has 0 saturated heterocycles. The summed E-state index contributed by atoms with van der Waals surface area (Å²) in [4.78, 5) is 22.5. The van der Waals surface area contributed by atoms with Crippen LogP contribution in [0.5, 0.6) is 0 Å². The minimum atomic E-state index is -0.912. The molecule has 0 saturated carbocycles. The van der Waals surface area contributed by atoms with E-state index in [-0.39, 0.29) is 5.92 Å². The first kappa shape index (κ1) is 15.4. The third-order valence-corrected chi connectivity index (χ3v) is 4.23. The van der Waals surface area contributed by atoms with E-state index >= 15 is 0 Å². The Balaban J connectivity index is 2.25. The number of carboxylic acids is 1. The maximum atomic E-state index is 11.3. The Bertz CT molecular complexity index is 652. The van der Waals surface area contributed by atoms with Gasteiger partial charge in [0.15, 0.2) is 5.13 Å². The van der Waals surface area contributed by atoms with Gasteiger partial charge in [-0.2, -0.15) is 0 Å². The summed E-state index contributed by atoms with van der Waals surface area (Å²) in [6.45, 7) is 6.46. The second-order valence-electron chi connectivity index (χ2n) is 5.30. The third-order valence-electron chi connectivity index (χ3n) is 3.05. The molecule has 0 atom stereocenters. The van der Waals surface area contributed by atoms with Gasteiger partial charge in [0.05, 0.1) is 17.9 Å². The molecule has 0 aromatic carbocycles. The highest BCUT2D eigenvalue weighted by Crippen LogP contribution is 2.30. The van der Waals surface area contributed by atoms with E-state index < -0.39 is 5.97 Å². The van der Waals surface area contributed by atoms with Gasteiger partial charge in [0, 0.05) is 12.7 Å². The summed E-state index contributed by atoms with van der Waals surface area (Å²) in [7, 11) is 1.90. The normalized spacial score (nSPS) is 10.9. The number of aromatic nitrogens is 2. The second kappa shape index (κ2) is 6.22. The lowest BCUT2D eigenvalue weighted by Gasteiger charge is -2.15. The molecule has 1 N–H and O–H groups in total. The number of carbonyl (C=O) groups is 1. The first-order chi connectivity index (χ1) is 9.88. The van der Waals surface area contributed by atoms with Crippen molar-refractivity contribution in [3.8, 4) is 0 Å². The van der Waals surface area contributed by atoms with Crippen LogP contribution in [0.3, 0.4) is 0 Å². The highest BCUT2D eigenvalue weighted by molar-refractivity contribution is 7.17. The summed E-state index contributed by atoms with van der Waals surface area (Å²) in [5, 5.41) is 9.98. The average molecular weight is 305 g/mol. The number of hydrogen-bond donors (Lipinski definition) is 1. The van der Waals surface area contributed by atoms with Crippen molar-refractivity contribution >= 4 is 22.4 Å². The monoisotopic (exact) mass is 305 g/mol. The highest BCUT2D eigenvalue weighted by atomic mass is 32.1. The lowest BCUT2D eigenvalue weighted by molar-refractivity contribution is 0.0700. The number of thiazole rings is 1. The molecule has 21 heavy (non-hydrogen) atoms. The number of hydrogen-bond acceptors (Lipinski definition) is 5. The molecule has 0 bridgehead atoms. The summed E-state index contributed by atoms with van der Waals surface area (Å²) in [6, 6.07) is 5.88. The molecule has 0 radical (unpaired) electrons. The Hall–Kier alpha value is -1.95. The average Bonchev–Trinajstić information content (AvgIpc) is 2.84. The van der Waals surface area contributed by atoms with E-state index in [0.29, 0.717) is 22.2 Å². The van der Waals surface area contributed by atoms with Gasteiger partial charge in [-0.1, -0.05) is 31.3 Å². The number of aromatic carboxylic acids is 1. The number of carboxylic acid groups (broad SMARTS) is 1. The van der Waals surface area contributed by atoms with Crippen molar-refractivity contribution in [3.63, 3.8) is 0 Å². The van der Waals surface area contributed by atoms with E-state index in [4.69, 9.17) is 0 Å². The number of anilines is 1. The largest absolute Gasteiger partial charge is 0.477 e.